The minimum atomic E-state index is -0.881. The quantitative estimate of drug-likeness (QED) is 0.379. The maximum absolute atomic E-state index is 14.1. The first kappa shape index (κ1) is 21.9. The Kier molecular flexibility index (Phi) is 5.53. The molecule has 1 fully saturated rings. The highest BCUT2D eigenvalue weighted by Gasteiger charge is 2.35. The Balaban J connectivity index is 1.38. The van der Waals surface area contributed by atoms with Gasteiger partial charge in [-0.1, -0.05) is 35.9 Å². The van der Waals surface area contributed by atoms with Crippen LogP contribution in [0.4, 0.5) is 8.78 Å². The molecule has 4 nitrogen and oxygen atoms in total. The number of halogens is 2. The molecule has 4 heterocycles. The molecule has 1 saturated heterocycles. The fourth-order valence-corrected chi connectivity index (χ4v) is 5.46. The van der Waals surface area contributed by atoms with Gasteiger partial charge in [-0.3, -0.25) is 15.0 Å². The topological polar surface area (TPSA) is 44.8 Å². The number of hydrogen-bond acceptors (Lipinski definition) is 3. The summed E-state index contributed by atoms with van der Waals surface area (Å²) in [5.41, 5.74) is 7.82. The number of aromatic amines is 1. The van der Waals surface area contributed by atoms with Crippen LogP contribution < -0.4 is 0 Å². The molecule has 0 unspecified atom stereocenters. The summed E-state index contributed by atoms with van der Waals surface area (Å²) in [7, 11) is 0. The molecule has 0 spiro atoms. The maximum Gasteiger partial charge on any atom is 0.159 e. The lowest BCUT2D eigenvalue weighted by Gasteiger charge is -2.28. The van der Waals surface area contributed by atoms with Crippen molar-refractivity contribution in [2.45, 2.75) is 31.7 Å². The van der Waals surface area contributed by atoms with Gasteiger partial charge in [-0.2, -0.15) is 5.10 Å². The van der Waals surface area contributed by atoms with Crippen LogP contribution in [0, 0.1) is 18.6 Å². The van der Waals surface area contributed by atoms with E-state index in [1.807, 2.05) is 12.1 Å². The summed E-state index contributed by atoms with van der Waals surface area (Å²) < 4.78 is 27.7. The molecule has 4 aromatic rings. The van der Waals surface area contributed by atoms with E-state index in [0.717, 1.165) is 48.8 Å². The van der Waals surface area contributed by atoms with Gasteiger partial charge < -0.3 is 0 Å². The van der Waals surface area contributed by atoms with Gasteiger partial charge in [0.05, 0.1) is 5.69 Å². The van der Waals surface area contributed by atoms with Crippen molar-refractivity contribution >= 4 is 5.57 Å². The number of H-pyrrole nitrogens is 1. The van der Waals surface area contributed by atoms with Gasteiger partial charge in [0.1, 0.15) is 5.69 Å². The van der Waals surface area contributed by atoms with Gasteiger partial charge in [0.25, 0.3) is 0 Å². The summed E-state index contributed by atoms with van der Waals surface area (Å²) in [6.45, 7) is 4.17. The van der Waals surface area contributed by atoms with Crippen molar-refractivity contribution in [3.8, 4) is 22.4 Å². The maximum atomic E-state index is 14.1. The van der Waals surface area contributed by atoms with Crippen LogP contribution in [0.2, 0.25) is 0 Å². The minimum absolute atomic E-state index is 0.366. The molecular formula is C29H26F2N4. The van der Waals surface area contributed by atoms with Crippen LogP contribution >= 0.6 is 0 Å². The van der Waals surface area contributed by atoms with Gasteiger partial charge in [0.2, 0.25) is 0 Å². The van der Waals surface area contributed by atoms with Crippen molar-refractivity contribution in [1.82, 2.24) is 20.1 Å². The van der Waals surface area contributed by atoms with Gasteiger partial charge >= 0.3 is 0 Å². The number of benzene rings is 2. The summed E-state index contributed by atoms with van der Waals surface area (Å²) in [5, 5.41) is 7.81. The predicted octanol–water partition coefficient (Wildman–Crippen LogP) is 6.37. The number of nitrogens with one attached hydrogen (secondary N) is 1. The predicted molar refractivity (Wildman–Crippen MR) is 134 cm³/mol. The third-order valence-electron chi connectivity index (χ3n) is 7.31. The summed E-state index contributed by atoms with van der Waals surface area (Å²) in [4.78, 5) is 6.71. The van der Waals surface area contributed by atoms with E-state index in [0.29, 0.717) is 23.2 Å². The Morgan fingerprint density at radius 3 is 2.51 bits per heavy atom. The van der Waals surface area contributed by atoms with E-state index >= 15 is 0 Å². The van der Waals surface area contributed by atoms with Crippen molar-refractivity contribution in [2.75, 3.05) is 13.1 Å². The molecule has 2 aromatic carbocycles. The third-order valence-corrected chi connectivity index (χ3v) is 7.31. The molecule has 0 radical (unpaired) electrons. The van der Waals surface area contributed by atoms with Crippen LogP contribution in [0.3, 0.4) is 0 Å². The molecule has 6 rings (SSSR count). The first-order valence-electron chi connectivity index (χ1n) is 12.0. The van der Waals surface area contributed by atoms with Crippen LogP contribution in [0.1, 0.15) is 35.6 Å². The number of aryl methyl sites for hydroxylation is 1. The zero-order valence-electron chi connectivity index (χ0n) is 19.5. The lowest BCUT2D eigenvalue weighted by Crippen LogP contribution is -2.32. The van der Waals surface area contributed by atoms with E-state index in [-0.39, 0.29) is 0 Å². The molecule has 0 saturated carbocycles. The molecule has 2 aliphatic rings. The highest BCUT2D eigenvalue weighted by molar-refractivity contribution is 5.89. The average Bonchev–Trinajstić information content (AvgIpc) is 3.51. The Labute approximate surface area is 203 Å². The molecule has 2 atom stereocenters. The van der Waals surface area contributed by atoms with E-state index in [2.05, 4.69) is 57.3 Å². The second-order valence-corrected chi connectivity index (χ2v) is 9.53. The molecule has 0 aliphatic carbocycles. The van der Waals surface area contributed by atoms with E-state index in [1.54, 1.807) is 18.5 Å². The molecule has 6 heteroatoms. The van der Waals surface area contributed by atoms with E-state index in [1.165, 1.54) is 22.8 Å². The number of aromatic nitrogens is 3. The standard InChI is InChI=1S/C29H26F2N4/c1-18-2-4-19(5-3-18)23-15-24-14-22(10-13-35(24)17-23)29-27(20-8-11-32-12-9-20)28(33-34-29)21-6-7-25(30)26(31)16-21/h2-9,11-12,14,16,23-24H,10,13,15,17H2,1H3,(H,33,34)/t23-,24-/m1/s1. The third kappa shape index (κ3) is 4.08. The Morgan fingerprint density at radius 1 is 0.943 bits per heavy atom. The Hall–Kier alpha value is -3.64. The lowest BCUT2D eigenvalue weighted by atomic mass is 9.91. The van der Waals surface area contributed by atoms with Crippen LogP contribution in [-0.4, -0.2) is 39.2 Å². The number of hydrogen-bond donors (Lipinski definition) is 1. The number of rotatable bonds is 4. The Morgan fingerprint density at radius 2 is 1.74 bits per heavy atom. The van der Waals surface area contributed by atoms with Gasteiger partial charge in [0.15, 0.2) is 11.6 Å². The van der Waals surface area contributed by atoms with Crippen molar-refractivity contribution in [3.05, 3.63) is 102 Å². The van der Waals surface area contributed by atoms with Gasteiger partial charge in [-0.15, -0.1) is 0 Å². The van der Waals surface area contributed by atoms with Gasteiger partial charge in [-0.25, -0.2) is 8.78 Å². The smallest absolute Gasteiger partial charge is 0.159 e. The van der Waals surface area contributed by atoms with Crippen molar-refractivity contribution < 1.29 is 8.78 Å². The van der Waals surface area contributed by atoms with Crippen LogP contribution in [0.5, 0.6) is 0 Å². The zero-order chi connectivity index (χ0) is 23.9. The summed E-state index contributed by atoms with van der Waals surface area (Å²) >= 11 is 0. The fourth-order valence-electron chi connectivity index (χ4n) is 5.46. The zero-order valence-corrected chi connectivity index (χ0v) is 19.5. The van der Waals surface area contributed by atoms with Crippen molar-refractivity contribution in [2.24, 2.45) is 0 Å². The monoisotopic (exact) mass is 468 g/mol. The highest BCUT2D eigenvalue weighted by Crippen LogP contribution is 2.41. The first-order chi connectivity index (χ1) is 17.1. The first-order valence-corrected chi connectivity index (χ1v) is 12.0. The summed E-state index contributed by atoms with van der Waals surface area (Å²) in [5.74, 6) is -1.22. The molecule has 2 aromatic heterocycles. The number of pyridine rings is 1. The average molecular weight is 469 g/mol. The van der Waals surface area contributed by atoms with E-state index < -0.39 is 11.6 Å². The second-order valence-electron chi connectivity index (χ2n) is 9.53. The lowest BCUT2D eigenvalue weighted by molar-refractivity contribution is 0.285. The van der Waals surface area contributed by atoms with Crippen LogP contribution in [0.25, 0.3) is 28.0 Å². The van der Waals surface area contributed by atoms with Crippen LogP contribution in [-0.2, 0) is 0 Å². The fraction of sp³-hybridized carbons (Fsp3) is 0.241. The van der Waals surface area contributed by atoms with Crippen molar-refractivity contribution in [1.29, 1.82) is 0 Å². The molecule has 35 heavy (non-hydrogen) atoms. The molecule has 176 valence electrons. The van der Waals surface area contributed by atoms with Crippen LogP contribution in [0.15, 0.2) is 73.1 Å². The summed E-state index contributed by atoms with van der Waals surface area (Å²) in [6.07, 6.45) is 7.82. The number of nitrogens with zero attached hydrogens (tertiary/aromatic N) is 3. The molecule has 0 amide bonds. The normalized spacial score (nSPS) is 20.0. The van der Waals surface area contributed by atoms with Gasteiger partial charge in [0, 0.05) is 42.7 Å². The van der Waals surface area contributed by atoms with E-state index in [4.69, 9.17) is 0 Å². The molecule has 1 N–H and O–H groups in total. The highest BCUT2D eigenvalue weighted by atomic mass is 19.2. The molecular weight excluding hydrogens is 442 g/mol. The van der Waals surface area contributed by atoms with Crippen molar-refractivity contribution in [3.63, 3.8) is 0 Å². The Bertz CT molecular complexity index is 1390. The van der Waals surface area contributed by atoms with Gasteiger partial charge in [-0.05, 0) is 72.7 Å². The SMILES string of the molecule is Cc1ccc([C@@H]2C[C@H]3C=C(c4[nH]nc(-c5ccc(F)c(F)c5)c4-c4ccncc4)CCN3C2)cc1. The largest absolute Gasteiger partial charge is 0.296 e. The molecule has 0 bridgehead atoms. The summed E-state index contributed by atoms with van der Waals surface area (Å²) in [6, 6.07) is 17.1. The van der Waals surface area contributed by atoms with E-state index in [9.17, 15) is 8.78 Å². The minimum Gasteiger partial charge on any atom is -0.296 e. The number of fused-ring (bicyclic) bond motifs is 1. The molecule has 2 aliphatic heterocycles. The second kappa shape index (κ2) is 8.86.